The largest absolute Gasteiger partial charge is 0.476 e. The maximum absolute atomic E-state index is 14.2. The van der Waals surface area contributed by atoms with E-state index in [0.29, 0.717) is 0 Å². The highest BCUT2D eigenvalue weighted by Gasteiger charge is 2.17. The lowest BCUT2D eigenvalue weighted by molar-refractivity contribution is 0.0687. The van der Waals surface area contributed by atoms with Crippen LogP contribution >= 0.6 is 0 Å². The summed E-state index contributed by atoms with van der Waals surface area (Å²) in [5.41, 5.74) is -0.206. The first-order valence-electron chi connectivity index (χ1n) is 7.87. The second kappa shape index (κ2) is 8.49. The highest BCUT2D eigenvalue weighted by Crippen LogP contribution is 2.23. The SMILES string of the molecule is O=C(O)c1nn[nH]c1Oc1ccc(C#Cc2ccc(C[SH](=O)=O)c(F)c2)c(F)c1. The number of hydrogen-bond acceptors (Lipinski definition) is 6. The van der Waals surface area contributed by atoms with E-state index in [4.69, 9.17) is 9.84 Å². The van der Waals surface area contributed by atoms with E-state index in [1.165, 1.54) is 24.3 Å². The predicted molar refractivity (Wildman–Crippen MR) is 96.2 cm³/mol. The van der Waals surface area contributed by atoms with Crippen LogP contribution in [-0.4, -0.2) is 34.9 Å². The Kier molecular flexibility index (Phi) is 5.85. The number of halogens is 2. The van der Waals surface area contributed by atoms with Crippen molar-refractivity contribution < 1.29 is 31.8 Å². The van der Waals surface area contributed by atoms with Crippen LogP contribution in [0.3, 0.4) is 0 Å². The van der Waals surface area contributed by atoms with Crippen molar-refractivity contribution in [1.82, 2.24) is 15.4 Å². The molecule has 0 saturated carbocycles. The topological polar surface area (TPSA) is 122 Å². The molecule has 0 aliphatic carbocycles. The molecule has 0 spiro atoms. The van der Waals surface area contributed by atoms with Gasteiger partial charge in [0.25, 0.3) is 5.88 Å². The number of aromatic carboxylic acids is 1. The molecule has 0 bridgehead atoms. The average Bonchev–Trinajstić information content (AvgIpc) is 3.11. The highest BCUT2D eigenvalue weighted by molar-refractivity contribution is 7.71. The van der Waals surface area contributed by atoms with Gasteiger partial charge in [0.2, 0.25) is 5.69 Å². The van der Waals surface area contributed by atoms with Crippen molar-refractivity contribution in [2.75, 3.05) is 0 Å². The zero-order valence-electron chi connectivity index (χ0n) is 14.3. The molecule has 2 aromatic carbocycles. The Morgan fingerprint density at radius 1 is 1.14 bits per heavy atom. The van der Waals surface area contributed by atoms with Gasteiger partial charge in [-0.1, -0.05) is 23.1 Å². The van der Waals surface area contributed by atoms with E-state index in [9.17, 15) is 22.0 Å². The van der Waals surface area contributed by atoms with Crippen molar-refractivity contribution in [3.05, 3.63) is 70.4 Å². The number of thiol groups is 1. The number of H-pyrrole nitrogens is 1. The normalized spacial score (nSPS) is 10.4. The van der Waals surface area contributed by atoms with E-state index < -0.39 is 39.8 Å². The molecular weight excluding hydrogens is 408 g/mol. The number of aromatic nitrogens is 3. The molecule has 0 saturated heterocycles. The predicted octanol–water partition coefficient (Wildman–Crippen LogP) is 2.08. The zero-order valence-corrected chi connectivity index (χ0v) is 15.2. The summed E-state index contributed by atoms with van der Waals surface area (Å²) in [5.74, 6) is 1.61. The smallest absolute Gasteiger partial charge is 0.362 e. The van der Waals surface area contributed by atoms with Crippen molar-refractivity contribution in [2.45, 2.75) is 5.75 Å². The lowest BCUT2D eigenvalue weighted by Gasteiger charge is -2.04. The van der Waals surface area contributed by atoms with Gasteiger partial charge in [0, 0.05) is 17.2 Å². The Morgan fingerprint density at radius 3 is 2.59 bits per heavy atom. The minimum Gasteiger partial charge on any atom is -0.476 e. The molecule has 2 N–H and O–H groups in total. The Bertz CT molecular complexity index is 1220. The standard InChI is InChI=1S/C18H11F2N3O5S/c19-14-7-10(2-4-12(14)9-29(26)27)1-3-11-5-6-13(8-15(11)20)28-17-16(18(24)25)21-23-22-17/h2,4-8,29H,9H2,(H,24,25)(H,21,22,23). The second-order valence-electron chi connectivity index (χ2n) is 5.59. The van der Waals surface area contributed by atoms with E-state index in [1.54, 1.807) is 0 Å². The maximum atomic E-state index is 14.2. The molecule has 0 unspecified atom stereocenters. The van der Waals surface area contributed by atoms with Gasteiger partial charge in [0.15, 0.2) is 0 Å². The molecule has 3 aromatic rings. The van der Waals surface area contributed by atoms with Gasteiger partial charge < -0.3 is 9.84 Å². The molecule has 0 aliphatic heterocycles. The Balaban J connectivity index is 1.79. The van der Waals surface area contributed by atoms with Crippen molar-refractivity contribution in [1.29, 1.82) is 0 Å². The molecule has 0 atom stereocenters. The van der Waals surface area contributed by atoms with Crippen LogP contribution in [0.4, 0.5) is 8.78 Å². The quantitative estimate of drug-likeness (QED) is 0.428. The summed E-state index contributed by atoms with van der Waals surface area (Å²) >= 11 is 0. The van der Waals surface area contributed by atoms with Gasteiger partial charge in [0.1, 0.15) is 28.1 Å². The Hall–Kier alpha value is -3.78. The molecule has 0 fully saturated rings. The average molecular weight is 419 g/mol. The van der Waals surface area contributed by atoms with Crippen LogP contribution in [0.1, 0.15) is 27.2 Å². The minimum absolute atomic E-state index is 0.00864. The van der Waals surface area contributed by atoms with Crippen LogP contribution in [0.5, 0.6) is 11.6 Å². The number of hydrogen-bond donors (Lipinski definition) is 3. The van der Waals surface area contributed by atoms with Crippen LogP contribution in [-0.2, 0) is 16.5 Å². The molecule has 11 heteroatoms. The summed E-state index contributed by atoms with van der Waals surface area (Å²) in [5, 5.41) is 17.8. The summed E-state index contributed by atoms with van der Waals surface area (Å²) in [4.78, 5) is 11.0. The fourth-order valence-electron chi connectivity index (χ4n) is 2.24. The van der Waals surface area contributed by atoms with Crippen LogP contribution in [0.15, 0.2) is 36.4 Å². The second-order valence-corrected chi connectivity index (χ2v) is 6.57. The first kappa shape index (κ1) is 20.0. The number of benzene rings is 2. The molecule has 0 amide bonds. The summed E-state index contributed by atoms with van der Waals surface area (Å²) < 4.78 is 54.7. The van der Waals surface area contributed by atoms with Crippen LogP contribution in [0, 0.1) is 23.5 Å². The third-order valence-corrected chi connectivity index (χ3v) is 4.17. The number of ether oxygens (including phenoxy) is 1. The van der Waals surface area contributed by atoms with Crippen molar-refractivity contribution in [3.63, 3.8) is 0 Å². The molecule has 8 nitrogen and oxygen atoms in total. The fourth-order valence-corrected chi connectivity index (χ4v) is 2.77. The number of carbonyl (C=O) groups is 1. The van der Waals surface area contributed by atoms with Crippen LogP contribution in [0.25, 0.3) is 0 Å². The number of rotatable bonds is 5. The lowest BCUT2D eigenvalue weighted by Crippen LogP contribution is -2.00. The number of nitrogens with zero attached hydrogens (tertiary/aromatic N) is 2. The lowest BCUT2D eigenvalue weighted by atomic mass is 10.1. The Morgan fingerprint density at radius 2 is 1.93 bits per heavy atom. The molecule has 29 heavy (non-hydrogen) atoms. The highest BCUT2D eigenvalue weighted by atomic mass is 32.2. The van der Waals surface area contributed by atoms with E-state index in [2.05, 4.69) is 27.3 Å². The summed E-state index contributed by atoms with van der Waals surface area (Å²) in [6.45, 7) is 0. The zero-order chi connectivity index (χ0) is 21.0. The van der Waals surface area contributed by atoms with Gasteiger partial charge in [-0.3, -0.25) is 0 Å². The molecule has 0 radical (unpaired) electrons. The summed E-state index contributed by atoms with van der Waals surface area (Å²) in [7, 11) is -2.76. The molecule has 0 aliphatic rings. The number of aromatic amines is 1. The number of carboxylic acids is 1. The van der Waals surface area contributed by atoms with Crippen molar-refractivity contribution >= 4 is 16.7 Å². The van der Waals surface area contributed by atoms with Crippen LogP contribution < -0.4 is 4.74 Å². The maximum Gasteiger partial charge on any atom is 0.362 e. The van der Waals surface area contributed by atoms with Crippen molar-refractivity contribution in [2.24, 2.45) is 0 Å². The van der Waals surface area contributed by atoms with E-state index >= 15 is 0 Å². The monoisotopic (exact) mass is 419 g/mol. The van der Waals surface area contributed by atoms with Gasteiger partial charge >= 0.3 is 5.97 Å². The fraction of sp³-hybridized carbons (Fsp3) is 0.0556. The van der Waals surface area contributed by atoms with Gasteiger partial charge in [-0.25, -0.2) is 27.1 Å². The molecular formula is C18H11F2N3O5S. The summed E-state index contributed by atoms with van der Waals surface area (Å²) in [6.07, 6.45) is 0. The minimum atomic E-state index is -2.76. The van der Waals surface area contributed by atoms with E-state index in [-0.39, 0.29) is 28.3 Å². The van der Waals surface area contributed by atoms with Gasteiger partial charge in [-0.15, -0.1) is 5.10 Å². The van der Waals surface area contributed by atoms with Gasteiger partial charge in [-0.05, 0) is 24.3 Å². The first-order chi connectivity index (χ1) is 13.8. The number of nitrogens with one attached hydrogen (secondary N) is 1. The third kappa shape index (κ3) is 4.94. The Labute approximate surface area is 164 Å². The van der Waals surface area contributed by atoms with Gasteiger partial charge in [-0.2, -0.15) is 0 Å². The molecule has 3 rings (SSSR count). The molecule has 1 heterocycles. The molecule has 148 valence electrons. The van der Waals surface area contributed by atoms with Crippen molar-refractivity contribution in [3.8, 4) is 23.5 Å². The molecule has 1 aromatic heterocycles. The van der Waals surface area contributed by atoms with E-state index in [1.807, 2.05) is 0 Å². The number of carboxylic acid groups (broad SMARTS) is 1. The summed E-state index contributed by atoms with van der Waals surface area (Å²) in [6, 6.07) is 7.44. The van der Waals surface area contributed by atoms with Gasteiger partial charge in [0.05, 0.1) is 11.3 Å². The first-order valence-corrected chi connectivity index (χ1v) is 9.23. The third-order valence-electron chi connectivity index (χ3n) is 3.57. The van der Waals surface area contributed by atoms with Crippen LogP contribution in [0.2, 0.25) is 0 Å². The van der Waals surface area contributed by atoms with E-state index in [0.717, 1.165) is 12.1 Å².